The predicted molar refractivity (Wildman–Crippen MR) is 48.8 cm³/mol. The molecule has 3 heteroatoms. The third-order valence-corrected chi connectivity index (χ3v) is 1.70. The summed E-state index contributed by atoms with van der Waals surface area (Å²) in [5.74, 6) is 0. The van der Waals surface area contributed by atoms with Crippen LogP contribution in [0, 0.1) is 0 Å². The van der Waals surface area contributed by atoms with Crippen molar-refractivity contribution in [3.63, 3.8) is 0 Å². The molecule has 0 aliphatic carbocycles. The molecule has 70 valence electrons. The van der Waals surface area contributed by atoms with Gasteiger partial charge in [0.15, 0.2) is 0 Å². The Morgan fingerprint density at radius 2 is 1.64 bits per heavy atom. The molecule has 0 saturated carbocycles. The molecule has 0 fully saturated rings. The number of hydrogen-bond acceptors (Lipinski definition) is 3. The van der Waals surface area contributed by atoms with Crippen LogP contribution in [0.25, 0.3) is 0 Å². The SMILES string of the molecule is CCCC(N)C(O)CCC.N. The van der Waals surface area contributed by atoms with Gasteiger partial charge in [-0.1, -0.05) is 26.7 Å². The third-order valence-electron chi connectivity index (χ3n) is 1.70. The third kappa shape index (κ3) is 6.28. The van der Waals surface area contributed by atoms with E-state index in [-0.39, 0.29) is 18.3 Å². The first-order valence-corrected chi connectivity index (χ1v) is 4.16. The van der Waals surface area contributed by atoms with Crippen LogP contribution >= 0.6 is 0 Å². The van der Waals surface area contributed by atoms with E-state index < -0.39 is 0 Å². The average molecular weight is 162 g/mol. The van der Waals surface area contributed by atoms with Gasteiger partial charge in [-0.05, 0) is 12.8 Å². The standard InChI is InChI=1S/C8H19NO.H3N/c1-3-5-7(9)8(10)6-4-2;/h7-8,10H,3-6,9H2,1-2H3;1H3. The zero-order valence-corrected chi connectivity index (χ0v) is 7.71. The normalized spacial score (nSPS) is 15.3. The summed E-state index contributed by atoms with van der Waals surface area (Å²) in [4.78, 5) is 0. The lowest BCUT2D eigenvalue weighted by Gasteiger charge is -2.16. The first kappa shape index (κ1) is 13.5. The molecular weight excluding hydrogens is 140 g/mol. The van der Waals surface area contributed by atoms with Crippen molar-refractivity contribution in [3.05, 3.63) is 0 Å². The van der Waals surface area contributed by atoms with Crippen LogP contribution in [0.15, 0.2) is 0 Å². The van der Waals surface area contributed by atoms with E-state index in [2.05, 4.69) is 13.8 Å². The van der Waals surface area contributed by atoms with Crippen molar-refractivity contribution < 1.29 is 5.11 Å². The van der Waals surface area contributed by atoms with Gasteiger partial charge in [-0.15, -0.1) is 0 Å². The van der Waals surface area contributed by atoms with Crippen LogP contribution in [-0.2, 0) is 0 Å². The summed E-state index contributed by atoms with van der Waals surface area (Å²) >= 11 is 0. The summed E-state index contributed by atoms with van der Waals surface area (Å²) in [6, 6.07) is -0.00931. The lowest BCUT2D eigenvalue weighted by Crippen LogP contribution is -2.34. The number of hydrogen-bond donors (Lipinski definition) is 3. The van der Waals surface area contributed by atoms with Crippen molar-refractivity contribution >= 4 is 0 Å². The molecule has 0 saturated heterocycles. The molecule has 0 heterocycles. The maximum absolute atomic E-state index is 9.32. The van der Waals surface area contributed by atoms with Crippen LogP contribution in [0.4, 0.5) is 0 Å². The molecule has 2 atom stereocenters. The summed E-state index contributed by atoms with van der Waals surface area (Å²) in [7, 11) is 0. The molecule has 0 aromatic heterocycles. The van der Waals surface area contributed by atoms with Crippen LogP contribution in [0.1, 0.15) is 39.5 Å². The summed E-state index contributed by atoms with van der Waals surface area (Å²) in [6.07, 6.45) is 3.55. The van der Waals surface area contributed by atoms with Gasteiger partial charge in [0.2, 0.25) is 0 Å². The van der Waals surface area contributed by atoms with E-state index in [1.165, 1.54) is 0 Å². The largest absolute Gasteiger partial charge is 0.392 e. The van der Waals surface area contributed by atoms with Gasteiger partial charge < -0.3 is 17.0 Å². The highest BCUT2D eigenvalue weighted by Gasteiger charge is 2.11. The van der Waals surface area contributed by atoms with Gasteiger partial charge in [0, 0.05) is 6.04 Å². The molecule has 2 unspecified atom stereocenters. The fourth-order valence-electron chi connectivity index (χ4n) is 1.04. The number of nitrogens with two attached hydrogens (primary N) is 1. The highest BCUT2D eigenvalue weighted by molar-refractivity contribution is 4.69. The fourth-order valence-corrected chi connectivity index (χ4v) is 1.04. The van der Waals surface area contributed by atoms with Gasteiger partial charge in [-0.2, -0.15) is 0 Å². The van der Waals surface area contributed by atoms with E-state index in [1.54, 1.807) is 0 Å². The van der Waals surface area contributed by atoms with Crippen molar-refractivity contribution in [2.24, 2.45) is 5.73 Å². The Morgan fingerprint density at radius 3 is 2.00 bits per heavy atom. The quantitative estimate of drug-likeness (QED) is 0.572. The van der Waals surface area contributed by atoms with E-state index >= 15 is 0 Å². The summed E-state index contributed by atoms with van der Waals surface area (Å²) in [5.41, 5.74) is 5.66. The van der Waals surface area contributed by atoms with Crippen LogP contribution in [0.3, 0.4) is 0 Å². The molecule has 0 aliphatic heterocycles. The minimum Gasteiger partial charge on any atom is -0.392 e. The Balaban J connectivity index is 0. The van der Waals surface area contributed by atoms with E-state index in [9.17, 15) is 5.11 Å². The van der Waals surface area contributed by atoms with E-state index in [0.717, 1.165) is 25.7 Å². The first-order valence-electron chi connectivity index (χ1n) is 4.16. The zero-order valence-electron chi connectivity index (χ0n) is 7.71. The minimum absolute atomic E-state index is 0. The highest BCUT2D eigenvalue weighted by atomic mass is 16.3. The summed E-state index contributed by atoms with van der Waals surface area (Å²) < 4.78 is 0. The maximum Gasteiger partial charge on any atom is 0.0691 e. The van der Waals surface area contributed by atoms with Crippen molar-refractivity contribution in [1.29, 1.82) is 0 Å². The lowest BCUT2D eigenvalue weighted by molar-refractivity contribution is 0.130. The first-order chi connectivity index (χ1) is 4.72. The molecule has 0 rings (SSSR count). The lowest BCUT2D eigenvalue weighted by atomic mass is 10.0. The molecule has 11 heavy (non-hydrogen) atoms. The average Bonchev–Trinajstić information content (AvgIpc) is 1.89. The Hall–Kier alpha value is -0.120. The van der Waals surface area contributed by atoms with E-state index in [0.29, 0.717) is 0 Å². The van der Waals surface area contributed by atoms with Gasteiger partial charge in [0.1, 0.15) is 0 Å². The Kier molecular flexibility index (Phi) is 9.77. The molecule has 0 aromatic rings. The van der Waals surface area contributed by atoms with Gasteiger partial charge >= 0.3 is 0 Å². The molecule has 0 spiro atoms. The second-order valence-electron chi connectivity index (χ2n) is 2.81. The zero-order chi connectivity index (χ0) is 7.98. The number of aliphatic hydroxyl groups excluding tert-OH is 1. The smallest absolute Gasteiger partial charge is 0.0691 e. The Morgan fingerprint density at radius 1 is 1.18 bits per heavy atom. The molecule has 0 radical (unpaired) electrons. The van der Waals surface area contributed by atoms with Crippen molar-refractivity contribution in [3.8, 4) is 0 Å². The van der Waals surface area contributed by atoms with Crippen LogP contribution in [-0.4, -0.2) is 17.3 Å². The molecule has 0 aliphatic rings. The van der Waals surface area contributed by atoms with Crippen molar-refractivity contribution in [1.82, 2.24) is 6.15 Å². The second kappa shape index (κ2) is 7.98. The number of aliphatic hydroxyl groups is 1. The van der Waals surface area contributed by atoms with Crippen molar-refractivity contribution in [2.45, 2.75) is 51.7 Å². The molecule has 0 bridgehead atoms. The Bertz CT molecular complexity index is 68.5. The van der Waals surface area contributed by atoms with Crippen LogP contribution < -0.4 is 11.9 Å². The second-order valence-corrected chi connectivity index (χ2v) is 2.81. The van der Waals surface area contributed by atoms with Gasteiger partial charge in [-0.3, -0.25) is 0 Å². The highest BCUT2D eigenvalue weighted by Crippen LogP contribution is 2.04. The van der Waals surface area contributed by atoms with Gasteiger partial charge in [0.25, 0.3) is 0 Å². The molecule has 0 aromatic carbocycles. The molecular formula is C8H22N2O. The van der Waals surface area contributed by atoms with E-state index in [1.807, 2.05) is 0 Å². The van der Waals surface area contributed by atoms with Gasteiger partial charge in [0.05, 0.1) is 6.10 Å². The van der Waals surface area contributed by atoms with Crippen LogP contribution in [0.2, 0.25) is 0 Å². The van der Waals surface area contributed by atoms with Gasteiger partial charge in [-0.25, -0.2) is 0 Å². The number of rotatable bonds is 5. The fraction of sp³-hybridized carbons (Fsp3) is 1.00. The van der Waals surface area contributed by atoms with E-state index in [4.69, 9.17) is 5.73 Å². The summed E-state index contributed by atoms with van der Waals surface area (Å²) in [5, 5.41) is 9.32. The topological polar surface area (TPSA) is 81.2 Å². The maximum atomic E-state index is 9.32. The van der Waals surface area contributed by atoms with Crippen LogP contribution in [0.5, 0.6) is 0 Å². The Labute approximate surface area is 69.6 Å². The summed E-state index contributed by atoms with van der Waals surface area (Å²) in [6.45, 7) is 4.14. The minimum atomic E-state index is -0.287. The predicted octanol–water partition coefficient (Wildman–Crippen LogP) is 1.44. The molecule has 0 amide bonds. The molecule has 3 nitrogen and oxygen atoms in total. The monoisotopic (exact) mass is 162 g/mol. The molecule has 6 N–H and O–H groups in total. The van der Waals surface area contributed by atoms with Crippen molar-refractivity contribution in [2.75, 3.05) is 0 Å².